The quantitative estimate of drug-likeness (QED) is 0.931. The van der Waals surface area contributed by atoms with Gasteiger partial charge in [0.2, 0.25) is 0 Å². The van der Waals surface area contributed by atoms with Crippen LogP contribution in [-0.4, -0.2) is 33.5 Å². The molecule has 1 aliphatic heterocycles. The van der Waals surface area contributed by atoms with E-state index in [0.717, 1.165) is 6.42 Å². The number of rotatable bonds is 3. The van der Waals surface area contributed by atoms with Gasteiger partial charge in [-0.1, -0.05) is 20.8 Å². The Labute approximate surface area is 123 Å². The molecule has 0 radical (unpaired) electrons. The van der Waals surface area contributed by atoms with E-state index in [1.165, 1.54) is 28.0 Å². The Morgan fingerprint density at radius 2 is 2.22 bits per heavy atom. The fourth-order valence-corrected chi connectivity index (χ4v) is 5.75. The van der Waals surface area contributed by atoms with Crippen molar-refractivity contribution in [2.45, 2.75) is 43.9 Å². The van der Waals surface area contributed by atoms with Gasteiger partial charge in [0.15, 0.2) is 0 Å². The van der Waals surface area contributed by atoms with Crippen LogP contribution in [-0.2, 0) is 11.8 Å². The second-order valence-electron chi connectivity index (χ2n) is 5.73. The Balaban J connectivity index is 1.94. The number of hydrogen-bond donors (Lipinski definition) is 1. The summed E-state index contributed by atoms with van der Waals surface area (Å²) in [5.41, 5.74) is 7.67. The van der Waals surface area contributed by atoms with E-state index >= 15 is 0 Å². The lowest BCUT2D eigenvalue weighted by Gasteiger charge is -2.26. The Bertz CT molecular complexity index is 378. The summed E-state index contributed by atoms with van der Waals surface area (Å²) < 4.78 is 0. The molecule has 18 heavy (non-hydrogen) atoms. The highest BCUT2D eigenvalue weighted by molar-refractivity contribution is 8.06. The molecule has 2 heterocycles. The van der Waals surface area contributed by atoms with Gasteiger partial charge in [-0.25, -0.2) is 4.98 Å². The van der Waals surface area contributed by atoms with Crippen molar-refractivity contribution in [2.24, 2.45) is 5.73 Å². The summed E-state index contributed by atoms with van der Waals surface area (Å²) in [6.45, 7) is 6.62. The first-order valence-corrected chi connectivity index (χ1v) is 9.45. The van der Waals surface area contributed by atoms with Crippen molar-refractivity contribution in [2.75, 3.05) is 17.3 Å². The van der Waals surface area contributed by atoms with Crippen LogP contribution in [0.2, 0.25) is 0 Å². The number of hydrogen-bond acceptors (Lipinski definition) is 5. The second-order valence-corrected chi connectivity index (χ2v) is 9.17. The average Bonchev–Trinajstić information content (AvgIpc) is 2.78. The normalized spacial score (nSPS) is 23.0. The van der Waals surface area contributed by atoms with Crippen LogP contribution in [0.15, 0.2) is 5.38 Å². The van der Waals surface area contributed by atoms with Gasteiger partial charge in [-0.15, -0.1) is 11.3 Å². The van der Waals surface area contributed by atoms with Crippen LogP contribution in [0.25, 0.3) is 0 Å². The molecule has 0 bridgehead atoms. The zero-order valence-electron chi connectivity index (χ0n) is 11.3. The van der Waals surface area contributed by atoms with Gasteiger partial charge < -0.3 is 5.73 Å². The third-order valence-electron chi connectivity index (χ3n) is 3.05. The van der Waals surface area contributed by atoms with Gasteiger partial charge in [-0.3, -0.25) is 0 Å². The maximum atomic E-state index is 6.33. The summed E-state index contributed by atoms with van der Waals surface area (Å²) in [4.78, 5) is 4.74. The SMILES string of the molecule is CC(C)(C)c1csc(CC(N)C2CSCCS2)n1. The predicted molar refractivity (Wildman–Crippen MR) is 86.1 cm³/mol. The second kappa shape index (κ2) is 6.16. The molecule has 0 spiro atoms. The van der Waals surface area contributed by atoms with Crippen molar-refractivity contribution in [1.82, 2.24) is 4.98 Å². The van der Waals surface area contributed by atoms with Gasteiger partial charge in [0.1, 0.15) is 0 Å². The number of nitrogens with two attached hydrogens (primary N) is 1. The molecule has 1 saturated heterocycles. The molecule has 1 aromatic rings. The smallest absolute Gasteiger partial charge is 0.0944 e. The van der Waals surface area contributed by atoms with Crippen molar-refractivity contribution >= 4 is 34.9 Å². The van der Waals surface area contributed by atoms with Crippen LogP contribution in [0.3, 0.4) is 0 Å². The molecule has 102 valence electrons. The molecule has 0 amide bonds. The topological polar surface area (TPSA) is 38.9 Å². The Hall–Kier alpha value is 0.290. The summed E-state index contributed by atoms with van der Waals surface area (Å²) in [5, 5.41) is 3.99. The van der Waals surface area contributed by atoms with Gasteiger partial charge in [-0.05, 0) is 0 Å². The van der Waals surface area contributed by atoms with Gasteiger partial charge in [-0.2, -0.15) is 23.5 Å². The molecule has 1 fully saturated rings. The van der Waals surface area contributed by atoms with E-state index in [0.29, 0.717) is 5.25 Å². The van der Waals surface area contributed by atoms with Crippen LogP contribution in [0.4, 0.5) is 0 Å². The molecule has 1 aromatic heterocycles. The number of aromatic nitrogens is 1. The van der Waals surface area contributed by atoms with Gasteiger partial charge >= 0.3 is 0 Å². The molecule has 2 rings (SSSR count). The number of thioether (sulfide) groups is 2. The van der Waals surface area contributed by atoms with Gasteiger partial charge in [0.05, 0.1) is 10.7 Å². The van der Waals surface area contributed by atoms with Crippen molar-refractivity contribution < 1.29 is 0 Å². The molecule has 2 nitrogen and oxygen atoms in total. The highest BCUT2D eigenvalue weighted by Crippen LogP contribution is 2.29. The third-order valence-corrected chi connectivity index (χ3v) is 6.86. The average molecular weight is 303 g/mol. The first-order valence-electron chi connectivity index (χ1n) is 6.36. The molecule has 0 saturated carbocycles. The molecule has 5 heteroatoms. The van der Waals surface area contributed by atoms with Crippen LogP contribution < -0.4 is 5.73 Å². The Morgan fingerprint density at radius 1 is 1.44 bits per heavy atom. The van der Waals surface area contributed by atoms with E-state index in [4.69, 9.17) is 10.7 Å². The largest absolute Gasteiger partial charge is 0.326 e. The van der Waals surface area contributed by atoms with Crippen LogP contribution in [0.1, 0.15) is 31.5 Å². The minimum Gasteiger partial charge on any atom is -0.326 e. The summed E-state index contributed by atoms with van der Waals surface area (Å²) >= 11 is 5.83. The maximum Gasteiger partial charge on any atom is 0.0944 e. The Kier molecular flexibility index (Phi) is 5.03. The lowest BCUT2D eigenvalue weighted by molar-refractivity contribution is 0.568. The van der Waals surface area contributed by atoms with E-state index < -0.39 is 0 Å². The van der Waals surface area contributed by atoms with Crippen molar-refractivity contribution in [3.63, 3.8) is 0 Å². The summed E-state index contributed by atoms with van der Waals surface area (Å²) in [7, 11) is 0. The lowest BCUT2D eigenvalue weighted by Crippen LogP contribution is -2.38. The molecular formula is C13H22N2S3. The molecule has 1 aliphatic rings. The van der Waals surface area contributed by atoms with Crippen molar-refractivity contribution in [3.8, 4) is 0 Å². The first kappa shape index (κ1) is 14.7. The van der Waals surface area contributed by atoms with E-state index in [2.05, 4.69) is 26.2 Å². The summed E-state index contributed by atoms with van der Waals surface area (Å²) in [6, 6.07) is 0.252. The zero-order chi connectivity index (χ0) is 13.2. The maximum absolute atomic E-state index is 6.33. The zero-order valence-corrected chi connectivity index (χ0v) is 13.8. The monoisotopic (exact) mass is 302 g/mol. The molecule has 2 atom stereocenters. The number of thiazole rings is 1. The van der Waals surface area contributed by atoms with Crippen molar-refractivity contribution in [3.05, 3.63) is 16.1 Å². The summed E-state index contributed by atoms with van der Waals surface area (Å²) in [5.74, 6) is 3.72. The minimum atomic E-state index is 0.147. The van der Waals surface area contributed by atoms with Crippen LogP contribution >= 0.6 is 34.9 Å². The Morgan fingerprint density at radius 3 is 2.78 bits per heavy atom. The fourth-order valence-electron chi connectivity index (χ4n) is 1.84. The summed E-state index contributed by atoms with van der Waals surface area (Å²) in [6.07, 6.45) is 0.930. The van der Waals surface area contributed by atoms with E-state index in [-0.39, 0.29) is 11.5 Å². The van der Waals surface area contributed by atoms with Crippen LogP contribution in [0.5, 0.6) is 0 Å². The van der Waals surface area contributed by atoms with Crippen molar-refractivity contribution in [1.29, 1.82) is 0 Å². The van der Waals surface area contributed by atoms with Crippen LogP contribution in [0, 0.1) is 0 Å². The molecular weight excluding hydrogens is 280 g/mol. The molecule has 2 N–H and O–H groups in total. The number of nitrogens with zero attached hydrogens (tertiary/aromatic N) is 1. The lowest BCUT2D eigenvalue weighted by atomic mass is 9.93. The standard InChI is InChI=1S/C13H22N2S3/c1-13(2,3)11-8-18-12(15-11)6-9(14)10-7-16-4-5-17-10/h8-10H,4-7,14H2,1-3H3. The predicted octanol–water partition coefficient (Wildman–Crippen LogP) is 3.16. The third kappa shape index (κ3) is 3.89. The highest BCUT2D eigenvalue weighted by Gasteiger charge is 2.24. The fraction of sp³-hybridized carbons (Fsp3) is 0.769. The van der Waals surface area contributed by atoms with E-state index in [1.807, 2.05) is 23.5 Å². The van der Waals surface area contributed by atoms with Gasteiger partial charge in [0, 0.05) is 45.8 Å². The van der Waals surface area contributed by atoms with Gasteiger partial charge in [0.25, 0.3) is 0 Å². The van der Waals surface area contributed by atoms with E-state index in [9.17, 15) is 0 Å². The molecule has 2 unspecified atom stereocenters. The molecule has 0 aromatic carbocycles. The first-order chi connectivity index (χ1) is 8.47. The van der Waals surface area contributed by atoms with E-state index in [1.54, 1.807) is 11.3 Å². The molecule has 0 aliphatic carbocycles. The minimum absolute atomic E-state index is 0.147. The highest BCUT2D eigenvalue weighted by atomic mass is 32.2.